The van der Waals surface area contributed by atoms with Crippen LogP contribution in [-0.4, -0.2) is 29.5 Å². The Hall–Kier alpha value is -0.880. The standard InChI is InChI=1S/C11H16BrN3O2/c1-17-6-5-15-11(16)10(12)9(7-13-15)14-8-3-2-4-8/h7-8,14H,2-6H2,1H3. The fourth-order valence-corrected chi connectivity index (χ4v) is 2.10. The molecule has 6 heteroatoms. The van der Waals surface area contributed by atoms with Gasteiger partial charge in [-0.2, -0.15) is 5.10 Å². The molecule has 17 heavy (non-hydrogen) atoms. The van der Waals surface area contributed by atoms with E-state index in [1.54, 1.807) is 13.3 Å². The first-order valence-electron chi connectivity index (χ1n) is 5.73. The molecule has 1 aromatic heterocycles. The third kappa shape index (κ3) is 2.87. The number of halogens is 1. The van der Waals surface area contributed by atoms with E-state index in [0.29, 0.717) is 23.7 Å². The average molecular weight is 302 g/mol. The van der Waals surface area contributed by atoms with Gasteiger partial charge in [0.2, 0.25) is 0 Å². The Morgan fingerprint density at radius 1 is 1.65 bits per heavy atom. The summed E-state index contributed by atoms with van der Waals surface area (Å²) < 4.78 is 6.89. The van der Waals surface area contributed by atoms with Gasteiger partial charge in [0.1, 0.15) is 4.47 Å². The molecule has 1 heterocycles. The van der Waals surface area contributed by atoms with Crippen LogP contribution in [0.3, 0.4) is 0 Å². The summed E-state index contributed by atoms with van der Waals surface area (Å²) in [5.74, 6) is 0. The van der Waals surface area contributed by atoms with Crippen LogP contribution in [0, 0.1) is 0 Å². The molecule has 94 valence electrons. The van der Waals surface area contributed by atoms with Gasteiger partial charge in [0.05, 0.1) is 25.0 Å². The maximum Gasteiger partial charge on any atom is 0.283 e. The largest absolute Gasteiger partial charge is 0.383 e. The lowest BCUT2D eigenvalue weighted by atomic mass is 9.93. The van der Waals surface area contributed by atoms with Crippen LogP contribution in [0.15, 0.2) is 15.5 Å². The van der Waals surface area contributed by atoms with E-state index in [1.807, 2.05) is 0 Å². The first-order chi connectivity index (χ1) is 8.22. The Balaban J connectivity index is 2.13. The van der Waals surface area contributed by atoms with E-state index in [2.05, 4.69) is 26.3 Å². The molecule has 1 aliphatic carbocycles. The van der Waals surface area contributed by atoms with Crippen molar-refractivity contribution in [2.45, 2.75) is 31.8 Å². The van der Waals surface area contributed by atoms with Crippen molar-refractivity contribution in [2.24, 2.45) is 0 Å². The number of hydrogen-bond donors (Lipinski definition) is 1. The van der Waals surface area contributed by atoms with Crippen LogP contribution in [0.5, 0.6) is 0 Å². The van der Waals surface area contributed by atoms with Crippen LogP contribution in [0.25, 0.3) is 0 Å². The minimum absolute atomic E-state index is 0.119. The number of aromatic nitrogens is 2. The molecule has 1 aromatic rings. The fraction of sp³-hybridized carbons (Fsp3) is 0.636. The van der Waals surface area contributed by atoms with Crippen LogP contribution in [-0.2, 0) is 11.3 Å². The molecule has 0 spiro atoms. The minimum atomic E-state index is -0.119. The van der Waals surface area contributed by atoms with Crippen LogP contribution < -0.4 is 10.9 Å². The molecular formula is C11H16BrN3O2. The van der Waals surface area contributed by atoms with Crippen LogP contribution >= 0.6 is 15.9 Å². The van der Waals surface area contributed by atoms with Crippen molar-refractivity contribution < 1.29 is 4.74 Å². The van der Waals surface area contributed by atoms with Gasteiger partial charge in [-0.25, -0.2) is 4.68 Å². The zero-order valence-corrected chi connectivity index (χ0v) is 11.4. The summed E-state index contributed by atoms with van der Waals surface area (Å²) in [6.07, 6.45) is 5.28. The van der Waals surface area contributed by atoms with E-state index in [-0.39, 0.29) is 5.56 Å². The van der Waals surface area contributed by atoms with Gasteiger partial charge in [-0.15, -0.1) is 0 Å². The first kappa shape index (κ1) is 12.6. The number of methoxy groups -OCH3 is 1. The zero-order chi connectivity index (χ0) is 12.3. The predicted molar refractivity (Wildman–Crippen MR) is 69.3 cm³/mol. The molecule has 0 radical (unpaired) electrons. The Morgan fingerprint density at radius 2 is 2.41 bits per heavy atom. The van der Waals surface area contributed by atoms with Gasteiger partial charge in [0.15, 0.2) is 0 Å². The smallest absolute Gasteiger partial charge is 0.283 e. The molecule has 1 N–H and O–H groups in total. The van der Waals surface area contributed by atoms with Gasteiger partial charge in [-0.1, -0.05) is 0 Å². The van der Waals surface area contributed by atoms with Gasteiger partial charge < -0.3 is 10.1 Å². The molecule has 5 nitrogen and oxygen atoms in total. The van der Waals surface area contributed by atoms with Crippen molar-refractivity contribution >= 4 is 21.6 Å². The number of ether oxygens (including phenoxy) is 1. The highest BCUT2D eigenvalue weighted by atomic mass is 79.9. The lowest BCUT2D eigenvalue weighted by Crippen LogP contribution is -2.30. The summed E-state index contributed by atoms with van der Waals surface area (Å²) in [5.41, 5.74) is 0.666. The van der Waals surface area contributed by atoms with Crippen molar-refractivity contribution in [1.29, 1.82) is 0 Å². The number of anilines is 1. The van der Waals surface area contributed by atoms with Gasteiger partial charge in [-0.3, -0.25) is 4.79 Å². The van der Waals surface area contributed by atoms with E-state index in [1.165, 1.54) is 23.9 Å². The third-order valence-electron chi connectivity index (χ3n) is 2.96. The van der Waals surface area contributed by atoms with Crippen LogP contribution in [0.2, 0.25) is 0 Å². The summed E-state index contributed by atoms with van der Waals surface area (Å²) in [4.78, 5) is 11.9. The van der Waals surface area contributed by atoms with E-state index in [9.17, 15) is 4.79 Å². The quantitative estimate of drug-likeness (QED) is 0.898. The van der Waals surface area contributed by atoms with Gasteiger partial charge >= 0.3 is 0 Å². The van der Waals surface area contributed by atoms with Crippen LogP contribution in [0.1, 0.15) is 19.3 Å². The van der Waals surface area contributed by atoms with Crippen molar-refractivity contribution in [3.63, 3.8) is 0 Å². The van der Waals surface area contributed by atoms with Crippen molar-refractivity contribution in [2.75, 3.05) is 19.0 Å². The normalized spacial score (nSPS) is 15.6. The van der Waals surface area contributed by atoms with E-state index < -0.39 is 0 Å². The maximum absolute atomic E-state index is 11.9. The number of nitrogens with zero attached hydrogens (tertiary/aromatic N) is 2. The molecule has 0 aliphatic heterocycles. The fourth-order valence-electron chi connectivity index (χ4n) is 1.68. The highest BCUT2D eigenvalue weighted by Gasteiger charge is 2.19. The Bertz CT molecular complexity index is 443. The van der Waals surface area contributed by atoms with Crippen molar-refractivity contribution in [3.05, 3.63) is 21.0 Å². The van der Waals surface area contributed by atoms with Crippen molar-refractivity contribution in [3.8, 4) is 0 Å². The molecule has 0 amide bonds. The molecule has 0 aromatic carbocycles. The summed E-state index contributed by atoms with van der Waals surface area (Å²) >= 11 is 3.33. The first-order valence-corrected chi connectivity index (χ1v) is 6.52. The third-order valence-corrected chi connectivity index (χ3v) is 3.72. The molecule has 1 saturated carbocycles. The maximum atomic E-state index is 11.9. The van der Waals surface area contributed by atoms with E-state index >= 15 is 0 Å². The average Bonchev–Trinajstić information content (AvgIpc) is 2.27. The summed E-state index contributed by atoms with van der Waals surface area (Å²) in [6, 6.07) is 0.488. The van der Waals surface area contributed by atoms with Gasteiger partial charge in [0.25, 0.3) is 5.56 Å². The molecule has 0 bridgehead atoms. The number of rotatable bonds is 5. The molecule has 0 saturated heterocycles. The molecule has 1 aliphatic rings. The highest BCUT2D eigenvalue weighted by molar-refractivity contribution is 9.10. The second-order valence-corrected chi connectivity index (χ2v) is 4.96. The monoisotopic (exact) mass is 301 g/mol. The Labute approximate surface area is 108 Å². The number of hydrogen-bond acceptors (Lipinski definition) is 4. The molecule has 1 fully saturated rings. The molecule has 2 rings (SSSR count). The summed E-state index contributed by atoms with van der Waals surface area (Å²) in [6.45, 7) is 0.951. The Kier molecular flexibility index (Phi) is 4.17. The van der Waals surface area contributed by atoms with E-state index in [4.69, 9.17) is 4.74 Å². The lowest BCUT2D eigenvalue weighted by Gasteiger charge is -2.27. The van der Waals surface area contributed by atoms with E-state index in [0.717, 1.165) is 5.69 Å². The number of nitrogens with one attached hydrogen (secondary N) is 1. The lowest BCUT2D eigenvalue weighted by molar-refractivity contribution is 0.181. The predicted octanol–water partition coefficient (Wildman–Crippen LogP) is 1.62. The second-order valence-electron chi connectivity index (χ2n) is 4.17. The molecular weight excluding hydrogens is 286 g/mol. The van der Waals surface area contributed by atoms with Gasteiger partial charge in [-0.05, 0) is 35.2 Å². The second kappa shape index (κ2) is 5.64. The Morgan fingerprint density at radius 3 is 3.00 bits per heavy atom. The minimum Gasteiger partial charge on any atom is -0.383 e. The topological polar surface area (TPSA) is 56.1 Å². The van der Waals surface area contributed by atoms with Crippen molar-refractivity contribution in [1.82, 2.24) is 9.78 Å². The molecule has 0 unspecified atom stereocenters. The van der Waals surface area contributed by atoms with Crippen LogP contribution in [0.4, 0.5) is 5.69 Å². The zero-order valence-electron chi connectivity index (χ0n) is 9.78. The SMILES string of the molecule is COCCn1ncc(NC2CCC2)c(Br)c1=O. The highest BCUT2D eigenvalue weighted by Crippen LogP contribution is 2.25. The van der Waals surface area contributed by atoms with Gasteiger partial charge in [0, 0.05) is 13.2 Å². The summed E-state index contributed by atoms with van der Waals surface area (Å²) in [7, 11) is 1.60. The molecule has 0 atom stereocenters. The summed E-state index contributed by atoms with van der Waals surface area (Å²) in [5, 5.41) is 7.44.